The Bertz CT molecular complexity index is 1390. The molecule has 44 heavy (non-hydrogen) atoms. The highest BCUT2D eigenvalue weighted by molar-refractivity contribution is 5.95. The summed E-state index contributed by atoms with van der Waals surface area (Å²) >= 11 is 0. The number of aryl methyl sites for hydroxylation is 1. The number of hydrogen-bond acceptors (Lipinski definition) is 6. The number of pyridine rings is 1. The van der Waals surface area contributed by atoms with E-state index in [0.29, 0.717) is 44.2 Å². The van der Waals surface area contributed by atoms with Gasteiger partial charge in [0.05, 0.1) is 6.04 Å². The Morgan fingerprint density at radius 1 is 1.07 bits per heavy atom. The lowest BCUT2D eigenvalue weighted by atomic mass is 9.84. The minimum Gasteiger partial charge on any atom is -0.384 e. The van der Waals surface area contributed by atoms with Crippen LogP contribution < -0.4 is 16.0 Å². The second kappa shape index (κ2) is 14.1. The average Bonchev–Trinajstić information content (AvgIpc) is 2.99. The van der Waals surface area contributed by atoms with E-state index in [9.17, 15) is 19.2 Å². The maximum Gasteiger partial charge on any atom is 0.240 e. The molecule has 11 nitrogen and oxygen atoms in total. The minimum absolute atomic E-state index is 0.0179. The highest BCUT2D eigenvalue weighted by Gasteiger charge is 2.54. The molecule has 1 aromatic heterocycles. The number of amides is 3. The molecular formula is C33H46N7O4+. The van der Waals surface area contributed by atoms with Crippen molar-refractivity contribution in [2.75, 3.05) is 6.54 Å². The van der Waals surface area contributed by atoms with Crippen molar-refractivity contribution in [3.05, 3.63) is 65.5 Å². The summed E-state index contributed by atoms with van der Waals surface area (Å²) in [4.78, 5) is 56.3. The zero-order valence-electron chi connectivity index (χ0n) is 26.1. The quantitative estimate of drug-likeness (QED) is 0.154. The number of aromatic nitrogens is 1. The SMILES string of the molecule is CCC(=O)N(N1CCCC(=O)C1Cc1ccc(C(=N)N)cc1)C1(N(C(C)=O)C(Cc2ccc[n+](C)c2)C(N)=O)CCCCC1. The molecule has 1 aliphatic carbocycles. The Labute approximate surface area is 259 Å². The number of hydrazine groups is 1. The third-order valence-electron chi connectivity index (χ3n) is 8.94. The van der Waals surface area contributed by atoms with Crippen molar-refractivity contribution in [1.29, 1.82) is 5.41 Å². The smallest absolute Gasteiger partial charge is 0.240 e. The number of piperidine rings is 1. The number of rotatable bonds is 11. The normalized spacial score (nSPS) is 19.2. The van der Waals surface area contributed by atoms with Gasteiger partial charge in [0.15, 0.2) is 18.2 Å². The van der Waals surface area contributed by atoms with Gasteiger partial charge in [-0.15, -0.1) is 0 Å². The molecule has 1 aromatic carbocycles. The van der Waals surface area contributed by atoms with Gasteiger partial charge in [0, 0.05) is 49.9 Å². The van der Waals surface area contributed by atoms with Gasteiger partial charge in [0.1, 0.15) is 24.6 Å². The minimum atomic E-state index is -1.16. The van der Waals surface area contributed by atoms with Crippen LogP contribution in [0.25, 0.3) is 0 Å². The Morgan fingerprint density at radius 3 is 2.32 bits per heavy atom. The maximum absolute atomic E-state index is 14.1. The van der Waals surface area contributed by atoms with E-state index in [2.05, 4.69) is 0 Å². The van der Waals surface area contributed by atoms with Gasteiger partial charge in [0.2, 0.25) is 17.7 Å². The molecule has 0 bridgehead atoms. The number of carbonyl (C=O) groups is 4. The molecule has 2 aromatic rings. The van der Waals surface area contributed by atoms with E-state index in [0.717, 1.165) is 30.4 Å². The summed E-state index contributed by atoms with van der Waals surface area (Å²) in [6.07, 6.45) is 8.82. The zero-order valence-corrected chi connectivity index (χ0v) is 26.1. The number of nitrogens with two attached hydrogens (primary N) is 2. The molecule has 2 heterocycles. The Balaban J connectivity index is 1.82. The van der Waals surface area contributed by atoms with E-state index in [1.165, 1.54) is 6.92 Å². The van der Waals surface area contributed by atoms with Gasteiger partial charge in [-0.05, 0) is 50.2 Å². The standard InChI is InChI=1S/C33H45N7O4/c1-4-30(43)40(38-19-9-11-29(42)27(38)20-24-12-14-26(15-13-24)31(34)35)33(16-6-5-7-17-33)39(23(2)41)28(32(36)44)21-25-10-8-18-37(3)22-25/h8,10,12-15,18,22,27-28H,4-7,9,11,16-17,19-21H2,1-3H3,(H4-,34,35,36,44)/p+1. The molecule has 4 rings (SSSR count). The summed E-state index contributed by atoms with van der Waals surface area (Å²) in [6, 6.07) is 9.34. The van der Waals surface area contributed by atoms with Gasteiger partial charge in [-0.3, -0.25) is 24.6 Å². The fourth-order valence-electron chi connectivity index (χ4n) is 6.96. The summed E-state index contributed by atoms with van der Waals surface area (Å²) in [6.45, 7) is 3.67. The number of nitrogen functional groups attached to an aromatic ring is 1. The fraction of sp³-hybridized carbons (Fsp3) is 0.515. The van der Waals surface area contributed by atoms with Crippen LogP contribution in [0.4, 0.5) is 0 Å². The maximum atomic E-state index is 14.1. The van der Waals surface area contributed by atoms with Crippen LogP contribution in [0, 0.1) is 5.41 Å². The summed E-state index contributed by atoms with van der Waals surface area (Å²) in [7, 11) is 1.89. The van der Waals surface area contributed by atoms with Crippen LogP contribution in [0.1, 0.15) is 81.9 Å². The monoisotopic (exact) mass is 604 g/mol. The molecule has 2 unspecified atom stereocenters. The number of amidine groups is 1. The van der Waals surface area contributed by atoms with Crippen LogP contribution in [0.3, 0.4) is 0 Å². The lowest BCUT2D eigenvalue weighted by molar-refractivity contribution is -0.671. The first kappa shape index (κ1) is 32.8. The first-order valence-corrected chi connectivity index (χ1v) is 15.6. The molecule has 0 radical (unpaired) electrons. The second-order valence-electron chi connectivity index (χ2n) is 12.1. The molecule has 1 saturated carbocycles. The third-order valence-corrected chi connectivity index (χ3v) is 8.94. The number of carbonyl (C=O) groups excluding carboxylic acids is 4. The third kappa shape index (κ3) is 6.99. The first-order valence-electron chi connectivity index (χ1n) is 15.6. The van der Waals surface area contributed by atoms with Gasteiger partial charge < -0.3 is 16.4 Å². The van der Waals surface area contributed by atoms with Crippen molar-refractivity contribution in [2.45, 2.75) is 95.8 Å². The summed E-state index contributed by atoms with van der Waals surface area (Å²) < 4.78 is 1.88. The largest absolute Gasteiger partial charge is 0.384 e. The number of ketones is 1. The Kier molecular flexibility index (Phi) is 10.5. The lowest BCUT2D eigenvalue weighted by Gasteiger charge is -2.58. The molecule has 236 valence electrons. The molecular weight excluding hydrogens is 558 g/mol. The number of hydrogen-bond donors (Lipinski definition) is 3. The molecule has 0 spiro atoms. The van der Waals surface area contributed by atoms with E-state index in [4.69, 9.17) is 16.9 Å². The highest BCUT2D eigenvalue weighted by atomic mass is 16.2. The number of benzene rings is 1. The van der Waals surface area contributed by atoms with E-state index in [1.54, 1.807) is 29.0 Å². The Morgan fingerprint density at radius 2 is 1.75 bits per heavy atom. The van der Waals surface area contributed by atoms with Crippen molar-refractivity contribution in [1.82, 2.24) is 14.9 Å². The number of Topliss-reactive ketones (excluding diaryl/α,β-unsaturated/α-hetero) is 1. The van der Waals surface area contributed by atoms with E-state index in [1.807, 2.05) is 53.3 Å². The van der Waals surface area contributed by atoms with E-state index in [-0.39, 0.29) is 36.3 Å². The van der Waals surface area contributed by atoms with Crippen LogP contribution >= 0.6 is 0 Å². The van der Waals surface area contributed by atoms with Crippen LogP contribution in [-0.2, 0) is 39.1 Å². The number of primary amides is 1. The van der Waals surface area contributed by atoms with Gasteiger partial charge in [-0.25, -0.2) is 14.6 Å². The van der Waals surface area contributed by atoms with Crippen LogP contribution in [0.2, 0.25) is 0 Å². The molecule has 3 amide bonds. The highest BCUT2D eigenvalue weighted by Crippen LogP contribution is 2.41. The molecule has 2 atom stereocenters. The topological polar surface area (TPSA) is 158 Å². The van der Waals surface area contributed by atoms with Gasteiger partial charge in [0.25, 0.3) is 0 Å². The van der Waals surface area contributed by atoms with Crippen molar-refractivity contribution in [3.63, 3.8) is 0 Å². The van der Waals surface area contributed by atoms with Crippen LogP contribution in [-0.4, -0.2) is 68.5 Å². The van der Waals surface area contributed by atoms with Crippen molar-refractivity contribution in [2.24, 2.45) is 18.5 Å². The predicted molar refractivity (Wildman–Crippen MR) is 166 cm³/mol. The zero-order chi connectivity index (χ0) is 32.0. The average molecular weight is 605 g/mol. The predicted octanol–water partition coefficient (Wildman–Crippen LogP) is 2.13. The van der Waals surface area contributed by atoms with Gasteiger partial charge >= 0.3 is 0 Å². The molecule has 2 fully saturated rings. The molecule has 11 heteroatoms. The number of nitrogens with one attached hydrogen (secondary N) is 1. The van der Waals surface area contributed by atoms with Crippen LogP contribution in [0.15, 0.2) is 48.8 Å². The van der Waals surface area contributed by atoms with E-state index >= 15 is 0 Å². The summed E-state index contributed by atoms with van der Waals surface area (Å²) in [5, 5.41) is 11.3. The van der Waals surface area contributed by atoms with Gasteiger partial charge in [-0.2, -0.15) is 0 Å². The molecule has 2 aliphatic rings. The van der Waals surface area contributed by atoms with Crippen molar-refractivity contribution < 1.29 is 23.7 Å². The number of nitrogens with zero attached hydrogens (tertiary/aromatic N) is 4. The molecule has 5 N–H and O–H groups in total. The lowest BCUT2D eigenvalue weighted by Crippen LogP contribution is -2.74. The fourth-order valence-corrected chi connectivity index (χ4v) is 6.96. The summed E-state index contributed by atoms with van der Waals surface area (Å²) in [5.41, 5.74) is 12.8. The van der Waals surface area contributed by atoms with Crippen LogP contribution in [0.5, 0.6) is 0 Å². The Hall–Kier alpha value is -4.12. The molecule has 1 aliphatic heterocycles. The second-order valence-corrected chi connectivity index (χ2v) is 12.1. The van der Waals surface area contributed by atoms with E-state index < -0.39 is 23.7 Å². The van der Waals surface area contributed by atoms with Crippen molar-refractivity contribution >= 4 is 29.3 Å². The first-order chi connectivity index (χ1) is 21.0. The molecule has 1 saturated heterocycles. The van der Waals surface area contributed by atoms with Crippen molar-refractivity contribution in [3.8, 4) is 0 Å². The summed E-state index contributed by atoms with van der Waals surface area (Å²) in [5.74, 6) is -1.21. The van der Waals surface area contributed by atoms with Gasteiger partial charge in [-0.1, -0.05) is 37.6 Å².